The number of anilines is 1. The number of fused-ring (bicyclic) bond motifs is 1. The maximum atomic E-state index is 13.0. The zero-order valence-electron chi connectivity index (χ0n) is 20.2. The highest BCUT2D eigenvalue weighted by Crippen LogP contribution is 2.39. The standard InChI is InChI=1S/C26H37N3O4S/c1-18-15-22-16-23(11-12-24(22)29(18)26(31)21-9-10-21)34(32,33)27-17-19-5-7-20(8-6-19)25(30)28-13-3-2-4-14-28/h11-12,16,18-21,27H,2-10,13-15,17H2,1H3. The molecule has 5 rings (SSSR count). The second kappa shape index (κ2) is 9.61. The summed E-state index contributed by atoms with van der Waals surface area (Å²) < 4.78 is 28.8. The highest BCUT2D eigenvalue weighted by molar-refractivity contribution is 7.89. The molecule has 3 fully saturated rings. The van der Waals surface area contributed by atoms with Crippen LogP contribution in [0.15, 0.2) is 23.1 Å². The fraction of sp³-hybridized carbons (Fsp3) is 0.692. The van der Waals surface area contributed by atoms with Crippen LogP contribution in [0.1, 0.15) is 70.3 Å². The quantitative estimate of drug-likeness (QED) is 0.666. The van der Waals surface area contributed by atoms with Crippen LogP contribution < -0.4 is 9.62 Å². The second-order valence-corrected chi connectivity index (χ2v) is 12.5. The lowest BCUT2D eigenvalue weighted by molar-refractivity contribution is -0.137. The van der Waals surface area contributed by atoms with Crippen LogP contribution in [0.4, 0.5) is 5.69 Å². The Balaban J connectivity index is 1.16. The van der Waals surface area contributed by atoms with Gasteiger partial charge in [-0.25, -0.2) is 13.1 Å². The van der Waals surface area contributed by atoms with Crippen LogP contribution in [0.2, 0.25) is 0 Å². The predicted octanol–water partition coefficient (Wildman–Crippen LogP) is 3.47. The molecule has 2 aliphatic carbocycles. The third-order valence-electron chi connectivity index (χ3n) is 8.17. The molecule has 1 saturated heterocycles. The van der Waals surface area contributed by atoms with E-state index in [9.17, 15) is 18.0 Å². The maximum absolute atomic E-state index is 13.0. The van der Waals surface area contributed by atoms with E-state index in [1.54, 1.807) is 18.2 Å². The molecule has 2 amide bonds. The number of hydrogen-bond donors (Lipinski definition) is 1. The number of piperidine rings is 1. The van der Waals surface area contributed by atoms with Gasteiger partial charge in [-0.2, -0.15) is 0 Å². The van der Waals surface area contributed by atoms with E-state index >= 15 is 0 Å². The lowest BCUT2D eigenvalue weighted by Gasteiger charge is -2.34. The minimum Gasteiger partial charge on any atom is -0.342 e. The lowest BCUT2D eigenvalue weighted by Crippen LogP contribution is -2.41. The van der Waals surface area contributed by atoms with Crippen molar-refractivity contribution in [3.8, 4) is 0 Å². The van der Waals surface area contributed by atoms with Gasteiger partial charge in [-0.05, 0) is 101 Å². The Morgan fingerprint density at radius 1 is 0.941 bits per heavy atom. The Hall–Kier alpha value is -1.93. The highest BCUT2D eigenvalue weighted by Gasteiger charge is 2.40. The van der Waals surface area contributed by atoms with Crippen molar-refractivity contribution in [1.82, 2.24) is 9.62 Å². The fourth-order valence-electron chi connectivity index (χ4n) is 5.93. The molecule has 0 radical (unpaired) electrons. The number of nitrogens with one attached hydrogen (secondary N) is 1. The summed E-state index contributed by atoms with van der Waals surface area (Å²) in [6.07, 6.45) is 9.51. The Morgan fingerprint density at radius 2 is 1.59 bits per heavy atom. The molecular weight excluding hydrogens is 450 g/mol. The molecule has 8 heteroatoms. The number of sulfonamides is 1. The van der Waals surface area contributed by atoms with Crippen molar-refractivity contribution in [1.29, 1.82) is 0 Å². The first-order valence-electron chi connectivity index (χ1n) is 13.1. The summed E-state index contributed by atoms with van der Waals surface area (Å²) in [4.78, 5) is 29.6. The number of benzene rings is 1. The molecule has 2 aliphatic heterocycles. The van der Waals surface area contributed by atoms with Crippen molar-refractivity contribution in [3.63, 3.8) is 0 Å². The number of rotatable bonds is 6. The van der Waals surface area contributed by atoms with Gasteiger partial charge < -0.3 is 9.80 Å². The topological polar surface area (TPSA) is 86.8 Å². The molecule has 0 bridgehead atoms. The van der Waals surface area contributed by atoms with Gasteiger partial charge >= 0.3 is 0 Å². The van der Waals surface area contributed by atoms with E-state index in [1.807, 2.05) is 16.7 Å². The number of likely N-dealkylation sites (tertiary alicyclic amines) is 1. The largest absolute Gasteiger partial charge is 0.342 e. The van der Waals surface area contributed by atoms with E-state index in [2.05, 4.69) is 4.72 Å². The van der Waals surface area contributed by atoms with E-state index in [1.165, 1.54) is 6.42 Å². The number of carbonyl (C=O) groups is 2. The summed E-state index contributed by atoms with van der Waals surface area (Å²) in [5.74, 6) is 0.991. The highest BCUT2D eigenvalue weighted by atomic mass is 32.2. The summed E-state index contributed by atoms with van der Waals surface area (Å²) in [6.45, 7) is 4.22. The van der Waals surface area contributed by atoms with E-state index < -0.39 is 10.0 Å². The van der Waals surface area contributed by atoms with Gasteiger partial charge in [0.2, 0.25) is 21.8 Å². The molecule has 4 aliphatic rings. The van der Waals surface area contributed by atoms with E-state index in [-0.39, 0.29) is 34.6 Å². The van der Waals surface area contributed by atoms with Gasteiger partial charge in [0.05, 0.1) is 4.90 Å². The summed E-state index contributed by atoms with van der Waals surface area (Å²) in [5, 5.41) is 0. The van der Waals surface area contributed by atoms with E-state index in [0.717, 1.165) is 75.7 Å². The fourth-order valence-corrected chi connectivity index (χ4v) is 7.10. The Morgan fingerprint density at radius 3 is 2.26 bits per heavy atom. The Kier molecular flexibility index (Phi) is 6.73. The SMILES string of the molecule is CC1Cc2cc(S(=O)(=O)NCC3CCC(C(=O)N4CCCCC4)CC3)ccc2N1C(=O)C1CC1. The average molecular weight is 488 g/mol. The monoisotopic (exact) mass is 487 g/mol. The van der Waals surface area contributed by atoms with Gasteiger partial charge in [-0.15, -0.1) is 0 Å². The van der Waals surface area contributed by atoms with Crippen LogP contribution in [-0.2, 0) is 26.0 Å². The number of hydrogen-bond acceptors (Lipinski definition) is 4. The molecule has 186 valence electrons. The van der Waals surface area contributed by atoms with Crippen LogP contribution in [-0.4, -0.2) is 50.8 Å². The Bertz CT molecular complexity index is 1040. The van der Waals surface area contributed by atoms with E-state index in [0.29, 0.717) is 18.9 Å². The van der Waals surface area contributed by atoms with Crippen molar-refractivity contribution < 1.29 is 18.0 Å². The van der Waals surface area contributed by atoms with Gasteiger partial charge in [0, 0.05) is 43.2 Å². The minimum atomic E-state index is -3.62. The molecule has 1 atom stereocenters. The van der Waals surface area contributed by atoms with Crippen LogP contribution in [0.3, 0.4) is 0 Å². The van der Waals surface area contributed by atoms with Crippen molar-refractivity contribution >= 4 is 27.5 Å². The predicted molar refractivity (Wildman–Crippen MR) is 131 cm³/mol. The van der Waals surface area contributed by atoms with Crippen molar-refractivity contribution in [2.75, 3.05) is 24.5 Å². The van der Waals surface area contributed by atoms with Crippen LogP contribution in [0.5, 0.6) is 0 Å². The van der Waals surface area contributed by atoms with Gasteiger partial charge in [0.15, 0.2) is 0 Å². The molecule has 0 aromatic heterocycles. The maximum Gasteiger partial charge on any atom is 0.240 e. The van der Waals surface area contributed by atoms with Crippen molar-refractivity contribution in [2.24, 2.45) is 17.8 Å². The Labute approximate surface area is 203 Å². The molecule has 2 heterocycles. The van der Waals surface area contributed by atoms with Crippen LogP contribution >= 0.6 is 0 Å². The molecule has 7 nitrogen and oxygen atoms in total. The number of carbonyl (C=O) groups excluding carboxylic acids is 2. The number of amides is 2. The molecule has 0 spiro atoms. The molecular formula is C26H37N3O4S. The summed E-state index contributed by atoms with van der Waals surface area (Å²) in [5.41, 5.74) is 1.79. The second-order valence-electron chi connectivity index (χ2n) is 10.8. The van der Waals surface area contributed by atoms with E-state index in [4.69, 9.17) is 0 Å². The molecule has 1 aromatic carbocycles. The van der Waals surface area contributed by atoms with Gasteiger partial charge in [-0.1, -0.05) is 0 Å². The van der Waals surface area contributed by atoms with Gasteiger partial charge in [0.1, 0.15) is 0 Å². The number of nitrogens with zero attached hydrogens (tertiary/aromatic N) is 2. The molecule has 1 aromatic rings. The zero-order chi connectivity index (χ0) is 23.9. The molecule has 34 heavy (non-hydrogen) atoms. The summed E-state index contributed by atoms with van der Waals surface area (Å²) in [7, 11) is -3.62. The third-order valence-corrected chi connectivity index (χ3v) is 9.59. The molecule has 2 saturated carbocycles. The van der Waals surface area contributed by atoms with Crippen LogP contribution in [0.25, 0.3) is 0 Å². The first kappa shape index (κ1) is 23.8. The average Bonchev–Trinajstić information content (AvgIpc) is 3.65. The normalized spacial score (nSPS) is 27.5. The summed E-state index contributed by atoms with van der Waals surface area (Å²) >= 11 is 0. The smallest absolute Gasteiger partial charge is 0.240 e. The summed E-state index contributed by atoms with van der Waals surface area (Å²) in [6, 6.07) is 5.23. The zero-order valence-corrected chi connectivity index (χ0v) is 21.0. The van der Waals surface area contributed by atoms with Crippen LogP contribution in [0, 0.1) is 17.8 Å². The minimum absolute atomic E-state index is 0.0665. The first-order valence-corrected chi connectivity index (χ1v) is 14.6. The van der Waals surface area contributed by atoms with Gasteiger partial charge in [0.25, 0.3) is 0 Å². The lowest BCUT2D eigenvalue weighted by atomic mass is 9.81. The first-order chi connectivity index (χ1) is 16.3. The third kappa shape index (κ3) is 4.89. The molecule has 1 N–H and O–H groups in total. The molecule has 1 unspecified atom stereocenters. The van der Waals surface area contributed by atoms with Crippen molar-refractivity contribution in [2.45, 2.75) is 82.1 Å². The van der Waals surface area contributed by atoms with Crippen molar-refractivity contribution in [3.05, 3.63) is 23.8 Å². The van der Waals surface area contributed by atoms with Gasteiger partial charge in [-0.3, -0.25) is 9.59 Å².